The van der Waals surface area contributed by atoms with Gasteiger partial charge < -0.3 is 5.32 Å². The van der Waals surface area contributed by atoms with Gasteiger partial charge >= 0.3 is 0 Å². The van der Waals surface area contributed by atoms with Gasteiger partial charge in [-0.1, -0.05) is 43.3 Å². The summed E-state index contributed by atoms with van der Waals surface area (Å²) in [6.45, 7) is 2.81. The summed E-state index contributed by atoms with van der Waals surface area (Å²) in [5, 5.41) is 7.31. The minimum Gasteiger partial charge on any atom is -0.311 e. The fraction of sp³-hybridized carbons (Fsp3) is 0.368. The number of carbonyl (C=O) groups excluding carboxylic acids is 1. The highest BCUT2D eigenvalue weighted by Gasteiger charge is 2.15. The Hall–Kier alpha value is -2.36. The van der Waals surface area contributed by atoms with Crippen LogP contribution in [0, 0.1) is 5.92 Å². The summed E-state index contributed by atoms with van der Waals surface area (Å²) in [7, 11) is 0. The van der Waals surface area contributed by atoms with Gasteiger partial charge in [0.1, 0.15) is 5.82 Å². The number of benzene rings is 1. The van der Waals surface area contributed by atoms with Gasteiger partial charge in [-0.15, -0.1) is 0 Å². The van der Waals surface area contributed by atoms with Crippen LogP contribution in [-0.2, 0) is 17.8 Å². The van der Waals surface area contributed by atoms with Gasteiger partial charge in [-0.2, -0.15) is 5.10 Å². The Balaban J connectivity index is 1.61. The molecule has 0 radical (unpaired) electrons. The van der Waals surface area contributed by atoms with Crippen LogP contribution in [0.15, 0.2) is 48.7 Å². The van der Waals surface area contributed by atoms with Gasteiger partial charge in [0.2, 0.25) is 5.91 Å². The number of hydrogen-bond donors (Lipinski definition) is 1. The van der Waals surface area contributed by atoms with Gasteiger partial charge in [0.25, 0.3) is 0 Å². The lowest BCUT2D eigenvalue weighted by atomic mass is 10.1. The molecular formula is C19H23N3O. The number of aryl methyl sites for hydroxylation is 1. The molecule has 1 aromatic carbocycles. The first-order valence-electron chi connectivity index (χ1n) is 8.30. The maximum Gasteiger partial charge on any atom is 0.226 e. The van der Waals surface area contributed by atoms with E-state index in [1.165, 1.54) is 11.1 Å². The van der Waals surface area contributed by atoms with Crippen LogP contribution in [0.4, 0.5) is 5.82 Å². The zero-order chi connectivity index (χ0) is 16.1. The van der Waals surface area contributed by atoms with Gasteiger partial charge in [0.05, 0.1) is 12.7 Å². The Morgan fingerprint density at radius 1 is 1.26 bits per heavy atom. The van der Waals surface area contributed by atoms with E-state index in [9.17, 15) is 4.79 Å². The first kappa shape index (κ1) is 15.5. The van der Waals surface area contributed by atoms with Crippen molar-refractivity contribution < 1.29 is 4.79 Å². The van der Waals surface area contributed by atoms with Crippen molar-refractivity contribution in [3.05, 3.63) is 59.8 Å². The van der Waals surface area contributed by atoms with E-state index in [1.807, 2.05) is 10.7 Å². The summed E-state index contributed by atoms with van der Waals surface area (Å²) >= 11 is 0. The molecule has 1 heterocycles. The second-order valence-electron chi connectivity index (χ2n) is 6.06. The molecule has 0 fully saturated rings. The Labute approximate surface area is 137 Å². The predicted octanol–water partition coefficient (Wildman–Crippen LogP) is 3.79. The molecule has 4 heteroatoms. The van der Waals surface area contributed by atoms with E-state index in [0.29, 0.717) is 18.9 Å². The van der Waals surface area contributed by atoms with Gasteiger partial charge in [-0.25, -0.2) is 4.68 Å². The number of anilines is 1. The average molecular weight is 309 g/mol. The van der Waals surface area contributed by atoms with E-state index in [4.69, 9.17) is 0 Å². The fourth-order valence-corrected chi connectivity index (χ4v) is 2.92. The predicted molar refractivity (Wildman–Crippen MR) is 92.3 cm³/mol. The van der Waals surface area contributed by atoms with E-state index in [1.54, 1.807) is 6.20 Å². The monoisotopic (exact) mass is 309 g/mol. The molecular weight excluding hydrogens is 286 g/mol. The first-order valence-corrected chi connectivity index (χ1v) is 8.30. The van der Waals surface area contributed by atoms with E-state index < -0.39 is 0 Å². The van der Waals surface area contributed by atoms with Crippen molar-refractivity contribution in [1.82, 2.24) is 9.78 Å². The summed E-state index contributed by atoms with van der Waals surface area (Å²) in [5.74, 6) is 1.20. The zero-order valence-corrected chi connectivity index (χ0v) is 13.5. The molecule has 0 saturated carbocycles. The molecule has 1 unspecified atom stereocenters. The molecule has 120 valence electrons. The van der Waals surface area contributed by atoms with Crippen molar-refractivity contribution in [2.45, 2.75) is 39.2 Å². The number of aromatic nitrogens is 2. The minimum atomic E-state index is 0.0598. The lowest BCUT2D eigenvalue weighted by Crippen LogP contribution is -2.18. The smallest absolute Gasteiger partial charge is 0.226 e. The Kier molecular flexibility index (Phi) is 4.91. The highest BCUT2D eigenvalue weighted by Crippen LogP contribution is 2.21. The normalized spacial score (nSPS) is 16.7. The molecule has 0 spiro atoms. The standard InChI is InChI=1S/C19H23N3O/c1-2-15-7-9-17(10-8-15)14-22-18(11-12-20-22)21-19(23)13-16-5-3-4-6-16/h3,5,7-12,16H,2,4,6,13-14H2,1H3,(H,21,23). The van der Waals surface area contributed by atoms with E-state index in [-0.39, 0.29) is 5.91 Å². The lowest BCUT2D eigenvalue weighted by Gasteiger charge is -2.11. The molecule has 1 N–H and O–H groups in total. The van der Waals surface area contributed by atoms with Gasteiger partial charge in [-0.05, 0) is 36.3 Å². The number of rotatable bonds is 6. The fourth-order valence-electron chi connectivity index (χ4n) is 2.92. The topological polar surface area (TPSA) is 46.9 Å². The van der Waals surface area contributed by atoms with Crippen molar-refractivity contribution in [2.24, 2.45) is 5.92 Å². The third-order valence-corrected chi connectivity index (χ3v) is 4.31. The summed E-state index contributed by atoms with van der Waals surface area (Å²) < 4.78 is 1.84. The Bertz CT molecular complexity index is 685. The highest BCUT2D eigenvalue weighted by atomic mass is 16.1. The number of carbonyl (C=O) groups is 1. The Morgan fingerprint density at radius 3 is 2.74 bits per heavy atom. The second-order valence-corrected chi connectivity index (χ2v) is 6.06. The molecule has 1 amide bonds. The molecule has 1 aromatic heterocycles. The van der Waals surface area contributed by atoms with Gasteiger partial charge in [0, 0.05) is 12.5 Å². The quantitative estimate of drug-likeness (QED) is 0.825. The summed E-state index contributed by atoms with van der Waals surface area (Å²) in [5.41, 5.74) is 2.51. The summed E-state index contributed by atoms with van der Waals surface area (Å²) in [4.78, 5) is 12.2. The van der Waals surface area contributed by atoms with E-state index in [0.717, 1.165) is 25.1 Å². The largest absolute Gasteiger partial charge is 0.311 e. The SMILES string of the molecule is CCc1ccc(Cn2nccc2NC(=O)CC2C=CCC2)cc1. The molecule has 1 atom stereocenters. The third-order valence-electron chi connectivity index (χ3n) is 4.31. The van der Waals surface area contributed by atoms with Crippen LogP contribution in [0.3, 0.4) is 0 Å². The number of nitrogens with zero attached hydrogens (tertiary/aromatic N) is 2. The molecule has 0 saturated heterocycles. The van der Waals surface area contributed by atoms with Crippen molar-refractivity contribution in [3.63, 3.8) is 0 Å². The van der Waals surface area contributed by atoms with Gasteiger partial charge in [-0.3, -0.25) is 4.79 Å². The van der Waals surface area contributed by atoms with Crippen LogP contribution in [-0.4, -0.2) is 15.7 Å². The van der Waals surface area contributed by atoms with Crippen molar-refractivity contribution >= 4 is 11.7 Å². The first-order chi connectivity index (χ1) is 11.2. The van der Waals surface area contributed by atoms with Crippen molar-refractivity contribution in [2.75, 3.05) is 5.32 Å². The zero-order valence-electron chi connectivity index (χ0n) is 13.5. The van der Waals surface area contributed by atoms with Crippen LogP contribution >= 0.6 is 0 Å². The molecule has 1 aliphatic carbocycles. The van der Waals surface area contributed by atoms with E-state index >= 15 is 0 Å². The molecule has 0 aliphatic heterocycles. The summed E-state index contributed by atoms with van der Waals surface area (Å²) in [6, 6.07) is 10.4. The number of amides is 1. The lowest BCUT2D eigenvalue weighted by molar-refractivity contribution is -0.116. The van der Waals surface area contributed by atoms with Crippen LogP contribution in [0.5, 0.6) is 0 Å². The Morgan fingerprint density at radius 2 is 2.04 bits per heavy atom. The second kappa shape index (κ2) is 7.27. The maximum absolute atomic E-state index is 12.2. The molecule has 23 heavy (non-hydrogen) atoms. The molecule has 2 aromatic rings. The molecule has 1 aliphatic rings. The van der Waals surface area contributed by atoms with Crippen LogP contribution < -0.4 is 5.32 Å². The molecule has 0 bridgehead atoms. The summed E-state index contributed by atoms with van der Waals surface area (Å²) in [6.07, 6.45) is 9.78. The van der Waals surface area contributed by atoms with Crippen LogP contribution in [0.1, 0.15) is 37.3 Å². The number of hydrogen-bond acceptors (Lipinski definition) is 2. The van der Waals surface area contributed by atoms with Gasteiger partial charge in [0.15, 0.2) is 0 Å². The molecule has 3 rings (SSSR count). The van der Waals surface area contributed by atoms with Crippen molar-refractivity contribution in [1.29, 1.82) is 0 Å². The highest BCUT2D eigenvalue weighted by molar-refractivity contribution is 5.90. The van der Waals surface area contributed by atoms with Crippen LogP contribution in [0.25, 0.3) is 0 Å². The number of allylic oxidation sites excluding steroid dienone is 2. The van der Waals surface area contributed by atoms with E-state index in [2.05, 4.69) is 53.8 Å². The average Bonchev–Trinajstić information content (AvgIpc) is 3.21. The van der Waals surface area contributed by atoms with Crippen molar-refractivity contribution in [3.8, 4) is 0 Å². The number of nitrogens with one attached hydrogen (secondary N) is 1. The maximum atomic E-state index is 12.2. The minimum absolute atomic E-state index is 0.0598. The van der Waals surface area contributed by atoms with Crippen LogP contribution in [0.2, 0.25) is 0 Å². The molecule has 4 nitrogen and oxygen atoms in total. The third kappa shape index (κ3) is 4.09.